The second-order valence-electron chi connectivity index (χ2n) is 6.11. The molecule has 1 aliphatic rings. The lowest BCUT2D eigenvalue weighted by molar-refractivity contribution is 0.0625. The van der Waals surface area contributed by atoms with Gasteiger partial charge in [-0.2, -0.15) is 5.26 Å². The molecule has 1 amide bonds. The van der Waals surface area contributed by atoms with E-state index in [2.05, 4.69) is 21.0 Å². The van der Waals surface area contributed by atoms with Crippen molar-refractivity contribution in [1.82, 2.24) is 19.9 Å². The number of nitriles is 1. The molecule has 0 radical (unpaired) electrons. The third-order valence-electron chi connectivity index (χ3n) is 4.14. The van der Waals surface area contributed by atoms with Gasteiger partial charge in [-0.15, -0.1) is 0 Å². The highest BCUT2D eigenvalue weighted by Gasteiger charge is 2.26. The maximum Gasteiger partial charge on any atom is 0.274 e. The summed E-state index contributed by atoms with van der Waals surface area (Å²) in [5.74, 6) is 0.567. The molecule has 1 saturated heterocycles. The zero-order valence-corrected chi connectivity index (χ0v) is 14.1. The minimum absolute atomic E-state index is 0.0956. The number of carbonyl (C=O) groups is 1. The van der Waals surface area contributed by atoms with Crippen molar-refractivity contribution in [2.75, 3.05) is 19.7 Å². The number of likely N-dealkylation sites (tertiary alicyclic amines) is 1. The Morgan fingerprint density at radius 3 is 3.04 bits per heavy atom. The van der Waals surface area contributed by atoms with Gasteiger partial charge in [-0.25, -0.2) is 9.97 Å². The van der Waals surface area contributed by atoms with E-state index in [4.69, 9.17) is 10.00 Å². The van der Waals surface area contributed by atoms with Gasteiger partial charge in [-0.1, -0.05) is 0 Å². The average Bonchev–Trinajstić information content (AvgIpc) is 2.67. The summed E-state index contributed by atoms with van der Waals surface area (Å²) in [6.45, 7) is 3.63. The summed E-state index contributed by atoms with van der Waals surface area (Å²) in [5.41, 5.74) is 1.67. The topological polar surface area (TPSA) is 92.0 Å². The predicted molar refractivity (Wildman–Crippen MR) is 89.8 cm³/mol. The number of amides is 1. The van der Waals surface area contributed by atoms with E-state index in [1.54, 1.807) is 29.4 Å². The fourth-order valence-corrected chi connectivity index (χ4v) is 2.81. The molecule has 1 unspecified atom stereocenters. The van der Waals surface area contributed by atoms with Crippen molar-refractivity contribution in [2.45, 2.75) is 19.8 Å². The third-order valence-corrected chi connectivity index (χ3v) is 4.14. The van der Waals surface area contributed by atoms with Gasteiger partial charge in [0.05, 0.1) is 30.1 Å². The van der Waals surface area contributed by atoms with Gasteiger partial charge in [0.25, 0.3) is 5.91 Å². The molecule has 25 heavy (non-hydrogen) atoms. The normalized spacial score (nSPS) is 17.0. The molecule has 1 fully saturated rings. The van der Waals surface area contributed by atoms with Crippen LogP contribution in [0.2, 0.25) is 0 Å². The SMILES string of the molecule is Cc1cnc(C(=O)N2CCCC(COc3cc(C#N)ccn3)C2)cn1. The van der Waals surface area contributed by atoms with Gasteiger partial charge in [0, 0.05) is 37.5 Å². The van der Waals surface area contributed by atoms with E-state index in [0.29, 0.717) is 36.8 Å². The Kier molecular flexibility index (Phi) is 5.19. The molecule has 2 aromatic rings. The van der Waals surface area contributed by atoms with Gasteiger partial charge in [-0.05, 0) is 25.8 Å². The second kappa shape index (κ2) is 7.71. The number of pyridine rings is 1. The maximum atomic E-state index is 12.5. The highest BCUT2D eigenvalue weighted by molar-refractivity contribution is 5.92. The first kappa shape index (κ1) is 16.8. The largest absolute Gasteiger partial charge is 0.477 e. The minimum atomic E-state index is -0.0956. The predicted octanol–water partition coefficient (Wildman–Crippen LogP) is 1.98. The zero-order chi connectivity index (χ0) is 17.6. The number of rotatable bonds is 4. The molecule has 0 aliphatic carbocycles. The van der Waals surface area contributed by atoms with Crippen LogP contribution in [0.4, 0.5) is 0 Å². The Bertz CT molecular complexity index is 785. The monoisotopic (exact) mass is 337 g/mol. The van der Waals surface area contributed by atoms with Gasteiger partial charge < -0.3 is 9.64 Å². The van der Waals surface area contributed by atoms with Crippen molar-refractivity contribution in [1.29, 1.82) is 5.26 Å². The first-order valence-electron chi connectivity index (χ1n) is 8.22. The van der Waals surface area contributed by atoms with Gasteiger partial charge in [0.1, 0.15) is 5.69 Å². The molecular weight excluding hydrogens is 318 g/mol. The molecule has 0 N–H and O–H groups in total. The molecule has 3 heterocycles. The van der Waals surface area contributed by atoms with Crippen LogP contribution in [0.25, 0.3) is 0 Å². The molecule has 7 heteroatoms. The van der Waals surface area contributed by atoms with E-state index < -0.39 is 0 Å². The van der Waals surface area contributed by atoms with Gasteiger partial charge >= 0.3 is 0 Å². The molecule has 7 nitrogen and oxygen atoms in total. The summed E-state index contributed by atoms with van der Waals surface area (Å²) in [4.78, 5) is 26.8. The lowest BCUT2D eigenvalue weighted by Crippen LogP contribution is -2.42. The van der Waals surface area contributed by atoms with Gasteiger partial charge in [0.15, 0.2) is 0 Å². The fraction of sp³-hybridized carbons (Fsp3) is 0.389. The number of aryl methyl sites for hydroxylation is 1. The first-order chi connectivity index (χ1) is 12.2. The molecule has 0 bridgehead atoms. The number of aromatic nitrogens is 3. The Morgan fingerprint density at radius 2 is 2.28 bits per heavy atom. The molecule has 128 valence electrons. The van der Waals surface area contributed by atoms with Gasteiger partial charge in [0.2, 0.25) is 5.88 Å². The number of nitrogens with zero attached hydrogens (tertiary/aromatic N) is 5. The van der Waals surface area contributed by atoms with Crippen LogP contribution in [0.1, 0.15) is 34.6 Å². The molecule has 1 aliphatic heterocycles. The number of hydrogen-bond donors (Lipinski definition) is 0. The van der Waals surface area contributed by atoms with Crippen molar-refractivity contribution in [2.24, 2.45) is 5.92 Å². The highest BCUT2D eigenvalue weighted by atomic mass is 16.5. The smallest absolute Gasteiger partial charge is 0.274 e. The van der Waals surface area contributed by atoms with Crippen LogP contribution in [0.5, 0.6) is 5.88 Å². The van der Waals surface area contributed by atoms with E-state index in [9.17, 15) is 4.79 Å². The Hall–Kier alpha value is -3.01. The highest BCUT2D eigenvalue weighted by Crippen LogP contribution is 2.19. The standard InChI is InChI=1S/C18H19N5O2/c1-13-9-22-16(10-21-13)18(24)23-6-2-3-15(11-23)12-25-17-7-14(8-19)4-5-20-17/h4-5,7,9-10,15H,2-3,6,11-12H2,1H3. The number of ether oxygens (including phenoxy) is 1. The quantitative estimate of drug-likeness (QED) is 0.847. The Morgan fingerprint density at radius 1 is 1.40 bits per heavy atom. The van der Waals surface area contributed by atoms with Crippen molar-refractivity contribution in [3.8, 4) is 11.9 Å². The molecule has 0 spiro atoms. The average molecular weight is 337 g/mol. The number of carbonyl (C=O) groups excluding carboxylic acids is 1. The number of hydrogen-bond acceptors (Lipinski definition) is 6. The maximum absolute atomic E-state index is 12.5. The minimum Gasteiger partial charge on any atom is -0.477 e. The molecule has 3 rings (SSSR count). The van der Waals surface area contributed by atoms with Crippen LogP contribution >= 0.6 is 0 Å². The summed E-state index contributed by atoms with van der Waals surface area (Å²) in [6, 6.07) is 5.32. The summed E-state index contributed by atoms with van der Waals surface area (Å²) >= 11 is 0. The van der Waals surface area contributed by atoms with E-state index >= 15 is 0 Å². The van der Waals surface area contributed by atoms with Crippen LogP contribution in [-0.4, -0.2) is 45.5 Å². The van der Waals surface area contributed by atoms with Crippen molar-refractivity contribution >= 4 is 5.91 Å². The fourth-order valence-electron chi connectivity index (χ4n) is 2.81. The van der Waals surface area contributed by atoms with E-state index in [-0.39, 0.29) is 11.8 Å². The van der Waals surface area contributed by atoms with Crippen molar-refractivity contribution < 1.29 is 9.53 Å². The van der Waals surface area contributed by atoms with E-state index in [1.807, 2.05) is 6.92 Å². The molecule has 0 aromatic carbocycles. The van der Waals surface area contributed by atoms with Crippen LogP contribution in [0.3, 0.4) is 0 Å². The lowest BCUT2D eigenvalue weighted by atomic mass is 9.98. The molecular formula is C18H19N5O2. The summed E-state index contributed by atoms with van der Waals surface area (Å²) in [5, 5.41) is 8.91. The van der Waals surface area contributed by atoms with Crippen LogP contribution in [-0.2, 0) is 0 Å². The second-order valence-corrected chi connectivity index (χ2v) is 6.11. The summed E-state index contributed by atoms with van der Waals surface area (Å²) in [7, 11) is 0. The van der Waals surface area contributed by atoms with Crippen LogP contribution in [0, 0.1) is 24.2 Å². The van der Waals surface area contributed by atoms with E-state index in [1.165, 1.54) is 6.20 Å². The van der Waals surface area contributed by atoms with Crippen LogP contribution in [0.15, 0.2) is 30.7 Å². The lowest BCUT2D eigenvalue weighted by Gasteiger charge is -2.32. The van der Waals surface area contributed by atoms with E-state index in [0.717, 1.165) is 18.5 Å². The van der Waals surface area contributed by atoms with Crippen molar-refractivity contribution in [3.05, 3.63) is 47.7 Å². The van der Waals surface area contributed by atoms with Crippen molar-refractivity contribution in [3.63, 3.8) is 0 Å². The van der Waals surface area contributed by atoms with Gasteiger partial charge in [-0.3, -0.25) is 9.78 Å². The van der Waals surface area contributed by atoms with Crippen LogP contribution < -0.4 is 4.74 Å². The number of piperidine rings is 1. The Balaban J connectivity index is 1.58. The molecule has 1 atom stereocenters. The first-order valence-corrected chi connectivity index (χ1v) is 8.22. The zero-order valence-electron chi connectivity index (χ0n) is 14.1. The summed E-state index contributed by atoms with van der Waals surface area (Å²) < 4.78 is 5.71. The molecule has 0 saturated carbocycles. The Labute approximate surface area is 146 Å². The third kappa shape index (κ3) is 4.29. The molecule has 2 aromatic heterocycles. The summed E-state index contributed by atoms with van der Waals surface area (Å²) in [6.07, 6.45) is 6.59.